The monoisotopic (exact) mass is 2170 g/mol. The smallest absolute Gasteiger partial charge is 0.123 e. The number of hydrogen-bond acceptors (Lipinski definition) is 10. The minimum Gasteiger partial charge on any atom is -0.501 e. The molecule has 20 rings (SSSR count). The van der Waals surface area contributed by atoms with Crippen LogP contribution in [0.4, 0.5) is 0 Å². The van der Waals surface area contributed by atoms with E-state index in [-0.39, 0.29) is 80.4 Å². The molecule has 0 atom stereocenters. The van der Waals surface area contributed by atoms with Crippen LogP contribution in [0, 0.1) is 77.9 Å². The van der Waals surface area contributed by atoms with E-state index < -0.39 is 0 Å². The van der Waals surface area contributed by atoms with Gasteiger partial charge in [-0.15, -0.1) is 156 Å². The van der Waals surface area contributed by atoms with Crippen LogP contribution < -0.4 is 0 Å². The van der Waals surface area contributed by atoms with E-state index in [1.807, 2.05) is 214 Å². The summed E-state index contributed by atoms with van der Waals surface area (Å²) in [5, 5.41) is 9.71. The van der Waals surface area contributed by atoms with Gasteiger partial charge >= 0.3 is 0 Å². The standard InChI is InChI=1S/C19H14NO.C18H12NO.C18H12NS.C17H10NS.2C12H10N.4Ir/c1-12-9-10-20-17(11-12)16-8-4-7-15-14-6-3-5-13(2)18(14)21-19(15)16;1-12-9-10-16(19-11-12)15-7-4-6-14-13-5-2-3-8-17(13)20-18(14)15;1-12-8-9-19-16(10-12)13-6-7-18-15(11-13)14-4-2-3-5-17(14)20-18;1-2-7-16-13(5-1)14-11-12(8-9-17(14)19-16)15-6-3-4-10-18-15;2*1-10-7-8-12(13-9-10)11-5-3-2-4-6-11;;;;/h3-7,9-11H,1-2H3;2-6,8-11H,1H3;2-5,7-11H,1H3;1-7,9-11H;2*2-5,7-9H,1H3;;;;/q6*-1;;;;. The summed E-state index contributed by atoms with van der Waals surface area (Å²) in [7, 11) is 0. The number of thiophene rings is 2. The van der Waals surface area contributed by atoms with Gasteiger partial charge in [-0.1, -0.05) is 177 Å². The van der Waals surface area contributed by atoms with E-state index in [0.29, 0.717) is 0 Å². The van der Waals surface area contributed by atoms with Crippen molar-refractivity contribution < 1.29 is 89.3 Å². The Hall–Kier alpha value is -10.3. The molecule has 0 aliphatic carbocycles. The molecule has 10 heterocycles. The molecule has 0 bridgehead atoms. The Balaban J connectivity index is 0.000000131. The molecular weight excluding hydrogens is 2100 g/mol. The molecule has 0 amide bonds. The zero-order valence-electron chi connectivity index (χ0n) is 60.5. The number of para-hydroxylation sites is 2. The van der Waals surface area contributed by atoms with Crippen LogP contribution in [0.3, 0.4) is 0 Å². The zero-order chi connectivity index (χ0) is 72.3. The SMILES string of the molecule is Cc1ccc(-c2[c-]ccc3c2oc2ccccc23)nc1.Cc1ccc(-c2[c-]cccc2)nc1.Cc1ccc(-c2[c-]cccc2)nc1.Cc1ccnc(-c2[c-]cc3sc4ccccc4c3c2)c1.Cc1ccnc(-c2[c-]ccc3c2oc2c(C)cccc23)c1.[Ir].[Ir].[Ir].[Ir].[c-]1cc2sc3ccccc3c2cc1-c1ccccn1. The molecular formula is C96H68Ir4N6O2S2-6. The van der Waals surface area contributed by atoms with Crippen molar-refractivity contribution >= 4 is 107 Å². The topological polar surface area (TPSA) is 104 Å². The maximum atomic E-state index is 6.14. The van der Waals surface area contributed by atoms with Gasteiger partial charge in [0.1, 0.15) is 11.2 Å². The molecule has 0 aliphatic rings. The second-order valence-electron chi connectivity index (χ2n) is 25.7. The van der Waals surface area contributed by atoms with Gasteiger partial charge in [-0.05, 0) is 155 Å². The van der Waals surface area contributed by atoms with E-state index in [4.69, 9.17) is 8.83 Å². The van der Waals surface area contributed by atoms with Crippen LogP contribution in [0.2, 0.25) is 0 Å². The summed E-state index contributed by atoms with van der Waals surface area (Å²) in [5.41, 5.74) is 22.4. The van der Waals surface area contributed by atoms with E-state index in [2.05, 4.69) is 221 Å². The Morgan fingerprint density at radius 1 is 0.264 bits per heavy atom. The Morgan fingerprint density at radius 2 is 0.709 bits per heavy atom. The minimum absolute atomic E-state index is 0. The summed E-state index contributed by atoms with van der Waals surface area (Å²) in [5.74, 6) is 0. The number of pyridine rings is 6. The van der Waals surface area contributed by atoms with E-state index in [0.717, 1.165) is 123 Å². The first-order valence-electron chi connectivity index (χ1n) is 34.8. The Bertz CT molecular complexity index is 6330. The summed E-state index contributed by atoms with van der Waals surface area (Å²) < 4.78 is 17.3. The third-order valence-corrected chi connectivity index (χ3v) is 20.1. The van der Waals surface area contributed by atoms with Crippen molar-refractivity contribution in [2.75, 3.05) is 0 Å². The van der Waals surface area contributed by atoms with Crippen LogP contribution >= 0.6 is 22.7 Å². The molecule has 14 heteroatoms. The second kappa shape index (κ2) is 37.9. The number of benzene rings is 10. The van der Waals surface area contributed by atoms with Crippen LogP contribution in [-0.2, 0) is 80.4 Å². The number of aryl methyl sites for hydroxylation is 6. The minimum atomic E-state index is 0. The molecule has 0 unspecified atom stereocenters. The maximum Gasteiger partial charge on any atom is 0.123 e. The van der Waals surface area contributed by atoms with Crippen molar-refractivity contribution in [2.45, 2.75) is 41.5 Å². The number of rotatable bonds is 6. The van der Waals surface area contributed by atoms with E-state index in [9.17, 15) is 0 Å². The molecule has 0 fully saturated rings. The van der Waals surface area contributed by atoms with Crippen molar-refractivity contribution in [2.24, 2.45) is 0 Å². The van der Waals surface area contributed by atoms with Gasteiger partial charge in [0.05, 0.1) is 11.2 Å². The maximum absolute atomic E-state index is 6.14. The van der Waals surface area contributed by atoms with Crippen LogP contribution in [0.1, 0.15) is 33.4 Å². The largest absolute Gasteiger partial charge is 0.501 e. The average Bonchev–Trinajstić information content (AvgIpc) is 1.63. The van der Waals surface area contributed by atoms with Gasteiger partial charge in [0.25, 0.3) is 0 Å². The van der Waals surface area contributed by atoms with E-state index in [1.54, 1.807) is 0 Å². The van der Waals surface area contributed by atoms with E-state index >= 15 is 0 Å². The summed E-state index contributed by atoms with van der Waals surface area (Å²) in [6.07, 6.45) is 11.1. The molecule has 10 aromatic carbocycles. The zero-order valence-corrected chi connectivity index (χ0v) is 71.7. The second-order valence-corrected chi connectivity index (χ2v) is 27.8. The van der Waals surface area contributed by atoms with Gasteiger partial charge in [0, 0.05) is 138 Å². The van der Waals surface area contributed by atoms with Crippen molar-refractivity contribution in [3.8, 4) is 67.5 Å². The van der Waals surface area contributed by atoms with Gasteiger partial charge in [0.15, 0.2) is 0 Å². The number of nitrogens with zero attached hydrogens (tertiary/aromatic N) is 6. The van der Waals surface area contributed by atoms with E-state index in [1.165, 1.54) is 62.6 Å². The van der Waals surface area contributed by atoms with Crippen molar-refractivity contribution in [1.29, 1.82) is 0 Å². The van der Waals surface area contributed by atoms with Crippen molar-refractivity contribution in [3.63, 3.8) is 0 Å². The quantitative estimate of drug-likeness (QED) is 0.152. The average molecular weight is 2170 g/mol. The molecule has 8 nitrogen and oxygen atoms in total. The Labute approximate surface area is 702 Å². The molecule has 10 aromatic heterocycles. The molecule has 0 spiro atoms. The Kier molecular flexibility index (Phi) is 27.8. The van der Waals surface area contributed by atoms with Gasteiger partial charge in [-0.25, -0.2) is 0 Å². The molecule has 0 aliphatic heterocycles. The third kappa shape index (κ3) is 18.8. The molecule has 0 N–H and O–H groups in total. The van der Waals surface area contributed by atoms with Crippen molar-refractivity contribution in [3.05, 3.63) is 374 Å². The van der Waals surface area contributed by atoms with Crippen LogP contribution in [-0.4, -0.2) is 29.9 Å². The summed E-state index contributed by atoms with van der Waals surface area (Å²) in [6, 6.07) is 109. The predicted octanol–water partition coefficient (Wildman–Crippen LogP) is 25.7. The fourth-order valence-electron chi connectivity index (χ4n) is 12.5. The summed E-state index contributed by atoms with van der Waals surface area (Å²) in [6.45, 7) is 12.3. The normalized spacial score (nSPS) is 10.5. The summed E-state index contributed by atoms with van der Waals surface area (Å²) >= 11 is 3.63. The number of aromatic nitrogens is 6. The predicted molar refractivity (Wildman–Crippen MR) is 440 cm³/mol. The molecule has 0 saturated heterocycles. The fraction of sp³-hybridized carbons (Fsp3) is 0.0625. The van der Waals surface area contributed by atoms with Gasteiger partial charge in [0.2, 0.25) is 0 Å². The molecule has 4 radical (unpaired) electrons. The molecule has 20 aromatic rings. The Morgan fingerprint density at radius 3 is 1.24 bits per heavy atom. The first kappa shape index (κ1) is 80.7. The molecule has 110 heavy (non-hydrogen) atoms. The third-order valence-electron chi connectivity index (χ3n) is 17.9. The number of furan rings is 2. The van der Waals surface area contributed by atoms with Gasteiger partial charge in [-0.2, -0.15) is 22.7 Å². The fourth-order valence-corrected chi connectivity index (χ4v) is 14.6. The van der Waals surface area contributed by atoms with Gasteiger partial charge in [-0.3, -0.25) is 0 Å². The number of fused-ring (bicyclic) bond motifs is 12. The molecule has 548 valence electrons. The van der Waals surface area contributed by atoms with Gasteiger partial charge < -0.3 is 38.7 Å². The first-order valence-corrected chi connectivity index (χ1v) is 36.5. The number of hydrogen-bond donors (Lipinski definition) is 0. The first-order chi connectivity index (χ1) is 52.0. The van der Waals surface area contributed by atoms with Crippen LogP contribution in [0.15, 0.2) is 313 Å². The summed E-state index contributed by atoms with van der Waals surface area (Å²) in [4.78, 5) is 26.4. The van der Waals surface area contributed by atoms with Crippen LogP contribution in [0.25, 0.3) is 152 Å². The molecule has 0 saturated carbocycles. The van der Waals surface area contributed by atoms with Crippen molar-refractivity contribution in [1.82, 2.24) is 29.9 Å². The van der Waals surface area contributed by atoms with Crippen LogP contribution in [0.5, 0.6) is 0 Å².